The average Bonchev–Trinajstić information content (AvgIpc) is 2.98. The second-order valence-electron chi connectivity index (χ2n) is 4.85. The van der Waals surface area contributed by atoms with Crippen molar-refractivity contribution in [2.24, 2.45) is 0 Å². The van der Waals surface area contributed by atoms with Gasteiger partial charge in [0.1, 0.15) is 0 Å². The third kappa shape index (κ3) is 1.76. The van der Waals surface area contributed by atoms with Crippen LogP contribution in [0.25, 0.3) is 11.0 Å². The molecule has 1 aromatic heterocycles. The summed E-state index contributed by atoms with van der Waals surface area (Å²) in [6.07, 6.45) is 0.752. The topological polar surface area (TPSA) is 34.9 Å². The SMILES string of the molecule is O=C1C(Cc2ccccc2)Sc2nc3ccccc3n21. The average molecular weight is 280 g/mol. The predicted molar refractivity (Wildman–Crippen MR) is 80.2 cm³/mol. The number of carbonyl (C=O) groups excluding carboxylic acids is 1. The molecule has 0 spiro atoms. The van der Waals surface area contributed by atoms with Gasteiger partial charge < -0.3 is 0 Å². The molecule has 0 saturated heterocycles. The van der Waals surface area contributed by atoms with Crippen LogP contribution in [-0.2, 0) is 6.42 Å². The van der Waals surface area contributed by atoms with Gasteiger partial charge in [-0.1, -0.05) is 54.2 Å². The van der Waals surface area contributed by atoms with Crippen molar-refractivity contribution in [2.45, 2.75) is 16.8 Å². The van der Waals surface area contributed by atoms with Crippen molar-refractivity contribution < 1.29 is 4.79 Å². The number of fused-ring (bicyclic) bond motifs is 3. The van der Waals surface area contributed by atoms with Crippen molar-refractivity contribution in [3.63, 3.8) is 0 Å². The zero-order chi connectivity index (χ0) is 13.5. The molecule has 2 heterocycles. The highest BCUT2D eigenvalue weighted by atomic mass is 32.2. The molecule has 4 rings (SSSR count). The lowest BCUT2D eigenvalue weighted by Gasteiger charge is -2.07. The number of benzene rings is 2. The fourth-order valence-electron chi connectivity index (χ4n) is 2.57. The molecule has 0 fully saturated rings. The number of rotatable bonds is 2. The van der Waals surface area contributed by atoms with Crippen molar-refractivity contribution in [3.05, 3.63) is 60.2 Å². The number of para-hydroxylation sites is 2. The highest BCUT2D eigenvalue weighted by molar-refractivity contribution is 8.00. The van der Waals surface area contributed by atoms with Gasteiger partial charge >= 0.3 is 0 Å². The summed E-state index contributed by atoms with van der Waals surface area (Å²) in [7, 11) is 0. The molecule has 0 saturated carbocycles. The molecule has 1 aliphatic heterocycles. The van der Waals surface area contributed by atoms with Gasteiger partial charge in [-0.25, -0.2) is 4.98 Å². The molecule has 0 N–H and O–H groups in total. The van der Waals surface area contributed by atoms with Gasteiger partial charge in [0.05, 0.1) is 16.3 Å². The Morgan fingerprint density at radius 2 is 1.80 bits per heavy atom. The van der Waals surface area contributed by atoms with Crippen LogP contribution < -0.4 is 0 Å². The minimum Gasteiger partial charge on any atom is -0.273 e. The van der Waals surface area contributed by atoms with Crippen molar-refractivity contribution in [1.29, 1.82) is 0 Å². The lowest BCUT2D eigenvalue weighted by atomic mass is 10.1. The quantitative estimate of drug-likeness (QED) is 0.721. The first-order valence-corrected chi connectivity index (χ1v) is 7.43. The van der Waals surface area contributed by atoms with E-state index in [4.69, 9.17) is 0 Å². The molecule has 3 aromatic rings. The number of hydrogen-bond acceptors (Lipinski definition) is 3. The Morgan fingerprint density at radius 1 is 1.05 bits per heavy atom. The zero-order valence-electron chi connectivity index (χ0n) is 10.7. The monoisotopic (exact) mass is 280 g/mol. The zero-order valence-corrected chi connectivity index (χ0v) is 11.5. The van der Waals surface area contributed by atoms with Gasteiger partial charge in [-0.3, -0.25) is 9.36 Å². The predicted octanol–water partition coefficient (Wildman–Crippen LogP) is 3.39. The second kappa shape index (κ2) is 4.49. The first-order valence-electron chi connectivity index (χ1n) is 6.55. The van der Waals surface area contributed by atoms with Crippen molar-refractivity contribution >= 4 is 28.7 Å². The van der Waals surface area contributed by atoms with E-state index in [1.807, 2.05) is 42.5 Å². The van der Waals surface area contributed by atoms with Crippen LogP contribution >= 0.6 is 11.8 Å². The summed E-state index contributed by atoms with van der Waals surface area (Å²) in [5.41, 5.74) is 2.99. The van der Waals surface area contributed by atoms with E-state index in [1.165, 1.54) is 5.56 Å². The van der Waals surface area contributed by atoms with Crippen LogP contribution in [-0.4, -0.2) is 20.7 Å². The van der Waals surface area contributed by atoms with E-state index in [-0.39, 0.29) is 11.2 Å². The maximum absolute atomic E-state index is 12.6. The normalized spacial score (nSPS) is 17.6. The molecule has 2 aromatic carbocycles. The molecular weight excluding hydrogens is 268 g/mol. The van der Waals surface area contributed by atoms with E-state index in [0.29, 0.717) is 0 Å². The van der Waals surface area contributed by atoms with Gasteiger partial charge in [-0.2, -0.15) is 0 Å². The van der Waals surface area contributed by atoms with Crippen LogP contribution in [0, 0.1) is 0 Å². The van der Waals surface area contributed by atoms with Crippen LogP contribution in [0.1, 0.15) is 10.4 Å². The summed E-state index contributed by atoms with van der Waals surface area (Å²) >= 11 is 1.57. The van der Waals surface area contributed by atoms with Crippen molar-refractivity contribution in [3.8, 4) is 0 Å². The Balaban J connectivity index is 1.69. The maximum atomic E-state index is 12.6. The number of hydrogen-bond donors (Lipinski definition) is 0. The van der Waals surface area contributed by atoms with Crippen molar-refractivity contribution in [1.82, 2.24) is 9.55 Å². The van der Waals surface area contributed by atoms with Gasteiger partial charge in [0, 0.05) is 0 Å². The highest BCUT2D eigenvalue weighted by Gasteiger charge is 2.34. The number of carbonyl (C=O) groups is 1. The Kier molecular flexibility index (Phi) is 2.63. The molecule has 0 bridgehead atoms. The van der Waals surface area contributed by atoms with Gasteiger partial charge in [-0.15, -0.1) is 0 Å². The van der Waals surface area contributed by atoms with E-state index >= 15 is 0 Å². The first-order chi connectivity index (χ1) is 9.83. The second-order valence-corrected chi connectivity index (χ2v) is 6.02. The number of aromatic nitrogens is 2. The van der Waals surface area contributed by atoms with E-state index in [1.54, 1.807) is 16.3 Å². The van der Waals surface area contributed by atoms with Gasteiger partial charge in [-0.05, 0) is 24.1 Å². The summed E-state index contributed by atoms with van der Waals surface area (Å²) in [5, 5.41) is 0.752. The summed E-state index contributed by atoms with van der Waals surface area (Å²) in [4.78, 5) is 17.1. The molecule has 0 radical (unpaired) electrons. The summed E-state index contributed by atoms with van der Waals surface area (Å²) < 4.78 is 1.76. The highest BCUT2D eigenvalue weighted by Crippen LogP contribution is 2.36. The number of thioether (sulfide) groups is 1. The first kappa shape index (κ1) is 11.7. The molecule has 1 aliphatic rings. The Hall–Kier alpha value is -2.07. The largest absolute Gasteiger partial charge is 0.273 e. The fourth-order valence-corrected chi connectivity index (χ4v) is 3.76. The summed E-state index contributed by atoms with van der Waals surface area (Å²) in [5.74, 6) is 0.141. The minimum absolute atomic E-state index is 0.0653. The smallest absolute Gasteiger partial charge is 0.247 e. The number of nitrogens with zero attached hydrogens (tertiary/aromatic N) is 2. The Morgan fingerprint density at radius 3 is 2.65 bits per heavy atom. The number of imidazole rings is 1. The van der Waals surface area contributed by atoms with Crippen molar-refractivity contribution in [2.75, 3.05) is 0 Å². The van der Waals surface area contributed by atoms with E-state index in [9.17, 15) is 4.79 Å². The molecule has 1 atom stereocenters. The Labute approximate surface area is 120 Å². The molecular formula is C16H12N2OS. The van der Waals surface area contributed by atoms with E-state index in [2.05, 4.69) is 17.1 Å². The summed E-state index contributed by atoms with van der Waals surface area (Å²) in [6, 6.07) is 17.9. The van der Waals surface area contributed by atoms with Crippen LogP contribution in [0.5, 0.6) is 0 Å². The molecule has 20 heavy (non-hydrogen) atoms. The molecule has 3 nitrogen and oxygen atoms in total. The molecule has 0 aliphatic carbocycles. The third-order valence-corrected chi connectivity index (χ3v) is 4.67. The standard InChI is InChI=1S/C16H12N2OS/c19-15-14(10-11-6-2-1-3-7-11)20-16-17-12-8-4-5-9-13(12)18(15)16/h1-9,14H,10H2. The lowest BCUT2D eigenvalue weighted by Crippen LogP contribution is -2.19. The van der Waals surface area contributed by atoms with E-state index < -0.39 is 0 Å². The lowest BCUT2D eigenvalue weighted by molar-refractivity contribution is 0.0914. The summed E-state index contributed by atoms with van der Waals surface area (Å²) in [6.45, 7) is 0. The fraction of sp³-hybridized carbons (Fsp3) is 0.125. The van der Waals surface area contributed by atoms with Crippen LogP contribution in [0.15, 0.2) is 59.8 Å². The van der Waals surface area contributed by atoms with Crippen LogP contribution in [0.4, 0.5) is 0 Å². The third-order valence-electron chi connectivity index (χ3n) is 3.54. The van der Waals surface area contributed by atoms with Crippen LogP contribution in [0.2, 0.25) is 0 Å². The molecule has 98 valence electrons. The van der Waals surface area contributed by atoms with Gasteiger partial charge in [0.15, 0.2) is 5.16 Å². The molecule has 4 heteroatoms. The minimum atomic E-state index is -0.0653. The Bertz CT molecular complexity index is 795. The van der Waals surface area contributed by atoms with Crippen LogP contribution in [0.3, 0.4) is 0 Å². The van der Waals surface area contributed by atoms with Gasteiger partial charge in [0.2, 0.25) is 5.91 Å². The molecule has 1 unspecified atom stereocenters. The maximum Gasteiger partial charge on any atom is 0.247 e. The molecule has 0 amide bonds. The van der Waals surface area contributed by atoms with Gasteiger partial charge in [0.25, 0.3) is 0 Å². The van der Waals surface area contributed by atoms with E-state index in [0.717, 1.165) is 22.6 Å².